The highest BCUT2D eigenvalue weighted by atomic mass is 35.5. The normalized spacial score (nSPS) is 27.9. The van der Waals surface area contributed by atoms with Crippen molar-refractivity contribution in [2.75, 3.05) is 6.61 Å². The fraction of sp³-hybridized carbons (Fsp3) is 0.700. The van der Waals surface area contributed by atoms with E-state index in [2.05, 4.69) is 16.5 Å². The van der Waals surface area contributed by atoms with Crippen LogP contribution >= 0.6 is 11.6 Å². The van der Waals surface area contributed by atoms with Gasteiger partial charge in [0.2, 0.25) is 0 Å². The van der Waals surface area contributed by atoms with E-state index < -0.39 is 0 Å². The standard InChI is InChI=1S/C10H15ClN2O/c1-2-13-7-12-6-9(13)10-5-8(11)3-4-14-10/h6-8,10H,2-5H2,1H3. The summed E-state index contributed by atoms with van der Waals surface area (Å²) in [6, 6.07) is 0. The lowest BCUT2D eigenvalue weighted by Gasteiger charge is -2.26. The lowest BCUT2D eigenvalue weighted by Crippen LogP contribution is -2.21. The van der Waals surface area contributed by atoms with Crippen molar-refractivity contribution in [3.8, 4) is 0 Å². The second kappa shape index (κ2) is 4.32. The van der Waals surface area contributed by atoms with Crippen molar-refractivity contribution in [1.82, 2.24) is 9.55 Å². The maximum atomic E-state index is 6.11. The van der Waals surface area contributed by atoms with Gasteiger partial charge >= 0.3 is 0 Å². The van der Waals surface area contributed by atoms with Gasteiger partial charge in [0.25, 0.3) is 0 Å². The molecule has 0 radical (unpaired) electrons. The average molecular weight is 215 g/mol. The molecule has 1 aliphatic rings. The van der Waals surface area contributed by atoms with Crippen LogP contribution in [0, 0.1) is 0 Å². The second-order valence-electron chi connectivity index (χ2n) is 3.59. The monoisotopic (exact) mass is 214 g/mol. The Labute approximate surface area is 89.0 Å². The lowest BCUT2D eigenvalue weighted by atomic mass is 10.1. The average Bonchev–Trinajstić information content (AvgIpc) is 2.65. The molecule has 0 aromatic carbocycles. The largest absolute Gasteiger partial charge is 0.372 e. The number of hydrogen-bond acceptors (Lipinski definition) is 2. The van der Waals surface area contributed by atoms with Gasteiger partial charge in [-0.15, -0.1) is 11.6 Å². The van der Waals surface area contributed by atoms with Crippen LogP contribution in [0.4, 0.5) is 0 Å². The zero-order chi connectivity index (χ0) is 9.97. The molecule has 0 N–H and O–H groups in total. The van der Waals surface area contributed by atoms with Gasteiger partial charge in [-0.3, -0.25) is 0 Å². The van der Waals surface area contributed by atoms with E-state index in [1.807, 2.05) is 12.5 Å². The Morgan fingerprint density at radius 1 is 1.71 bits per heavy atom. The summed E-state index contributed by atoms with van der Waals surface area (Å²) in [6.45, 7) is 3.79. The van der Waals surface area contributed by atoms with Gasteiger partial charge in [0, 0.05) is 18.5 Å². The summed E-state index contributed by atoms with van der Waals surface area (Å²) in [5, 5.41) is 0.244. The van der Waals surface area contributed by atoms with E-state index >= 15 is 0 Å². The van der Waals surface area contributed by atoms with E-state index in [4.69, 9.17) is 16.3 Å². The summed E-state index contributed by atoms with van der Waals surface area (Å²) in [7, 11) is 0. The van der Waals surface area contributed by atoms with Crippen molar-refractivity contribution in [1.29, 1.82) is 0 Å². The van der Waals surface area contributed by atoms with E-state index in [9.17, 15) is 0 Å². The predicted molar refractivity (Wildman–Crippen MR) is 55.5 cm³/mol. The second-order valence-corrected chi connectivity index (χ2v) is 4.20. The van der Waals surface area contributed by atoms with E-state index in [0.29, 0.717) is 0 Å². The van der Waals surface area contributed by atoms with Crippen LogP contribution in [-0.4, -0.2) is 21.5 Å². The summed E-state index contributed by atoms with van der Waals surface area (Å²) in [6.07, 6.45) is 5.71. The molecule has 2 rings (SSSR count). The molecular weight excluding hydrogens is 200 g/mol. The molecule has 4 heteroatoms. The molecule has 0 saturated carbocycles. The van der Waals surface area contributed by atoms with Crippen LogP contribution < -0.4 is 0 Å². The van der Waals surface area contributed by atoms with Crippen molar-refractivity contribution in [3.63, 3.8) is 0 Å². The third-order valence-corrected chi connectivity index (χ3v) is 3.03. The number of alkyl halides is 1. The number of aryl methyl sites for hydroxylation is 1. The first-order valence-corrected chi connectivity index (χ1v) is 5.50. The van der Waals surface area contributed by atoms with Gasteiger partial charge < -0.3 is 9.30 Å². The quantitative estimate of drug-likeness (QED) is 0.707. The fourth-order valence-electron chi connectivity index (χ4n) is 1.83. The topological polar surface area (TPSA) is 27.1 Å². The number of halogens is 1. The minimum absolute atomic E-state index is 0.133. The van der Waals surface area contributed by atoms with E-state index in [1.54, 1.807) is 0 Å². The Bertz CT molecular complexity index is 300. The number of aromatic nitrogens is 2. The van der Waals surface area contributed by atoms with Crippen LogP contribution in [0.5, 0.6) is 0 Å². The van der Waals surface area contributed by atoms with Crippen molar-refractivity contribution in [2.45, 2.75) is 37.8 Å². The Kier molecular flexibility index (Phi) is 3.08. The van der Waals surface area contributed by atoms with E-state index in [1.165, 1.54) is 0 Å². The Hall–Kier alpha value is -0.540. The summed E-state index contributed by atoms with van der Waals surface area (Å²) < 4.78 is 7.80. The number of nitrogens with zero attached hydrogens (tertiary/aromatic N) is 2. The number of hydrogen-bond donors (Lipinski definition) is 0. The predicted octanol–water partition coefficient (Wildman–Crippen LogP) is 2.36. The summed E-state index contributed by atoms with van der Waals surface area (Å²) in [5.74, 6) is 0. The van der Waals surface area contributed by atoms with Crippen molar-refractivity contribution in [3.05, 3.63) is 18.2 Å². The third-order valence-electron chi connectivity index (χ3n) is 2.64. The number of rotatable bonds is 2. The molecule has 14 heavy (non-hydrogen) atoms. The van der Waals surface area contributed by atoms with Crippen LogP contribution in [0.15, 0.2) is 12.5 Å². The Balaban J connectivity index is 2.13. The maximum Gasteiger partial charge on any atom is 0.100 e. The van der Waals surface area contributed by atoms with Gasteiger partial charge in [-0.1, -0.05) is 0 Å². The van der Waals surface area contributed by atoms with Crippen LogP contribution in [-0.2, 0) is 11.3 Å². The van der Waals surface area contributed by atoms with Gasteiger partial charge in [-0.2, -0.15) is 0 Å². The minimum Gasteiger partial charge on any atom is -0.372 e. The molecule has 1 fully saturated rings. The summed E-state index contributed by atoms with van der Waals surface area (Å²) in [5.41, 5.74) is 1.15. The highest BCUT2D eigenvalue weighted by Gasteiger charge is 2.24. The molecular formula is C10H15ClN2O. The fourth-order valence-corrected chi connectivity index (χ4v) is 2.08. The molecule has 2 unspecified atom stereocenters. The number of ether oxygens (including phenoxy) is 1. The first-order chi connectivity index (χ1) is 6.81. The van der Waals surface area contributed by atoms with Crippen molar-refractivity contribution < 1.29 is 4.74 Å². The SMILES string of the molecule is CCn1cncc1C1CC(Cl)CCO1. The molecule has 2 atom stereocenters. The first kappa shape index (κ1) is 9.99. The minimum atomic E-state index is 0.133. The van der Waals surface area contributed by atoms with Crippen LogP contribution in [0.2, 0.25) is 0 Å². The van der Waals surface area contributed by atoms with Crippen molar-refractivity contribution in [2.24, 2.45) is 0 Å². The molecule has 0 aliphatic carbocycles. The van der Waals surface area contributed by atoms with Crippen LogP contribution in [0.1, 0.15) is 31.6 Å². The summed E-state index contributed by atoms with van der Waals surface area (Å²) in [4.78, 5) is 4.13. The first-order valence-electron chi connectivity index (χ1n) is 5.07. The van der Waals surface area contributed by atoms with Gasteiger partial charge in [0.15, 0.2) is 0 Å². The zero-order valence-electron chi connectivity index (χ0n) is 8.32. The zero-order valence-corrected chi connectivity index (χ0v) is 9.07. The molecule has 1 aromatic heterocycles. The smallest absolute Gasteiger partial charge is 0.100 e. The number of imidazole rings is 1. The van der Waals surface area contributed by atoms with Gasteiger partial charge in [0.05, 0.1) is 18.2 Å². The van der Waals surface area contributed by atoms with Gasteiger partial charge in [0.1, 0.15) is 6.10 Å². The molecule has 0 spiro atoms. The molecule has 1 aromatic rings. The van der Waals surface area contributed by atoms with E-state index in [0.717, 1.165) is 31.7 Å². The highest BCUT2D eigenvalue weighted by Crippen LogP contribution is 2.30. The molecule has 0 bridgehead atoms. The molecule has 2 heterocycles. The maximum absolute atomic E-state index is 6.11. The Morgan fingerprint density at radius 2 is 2.57 bits per heavy atom. The van der Waals surface area contributed by atoms with Gasteiger partial charge in [-0.05, 0) is 19.8 Å². The van der Waals surface area contributed by atoms with Crippen LogP contribution in [0.25, 0.3) is 0 Å². The summed E-state index contributed by atoms with van der Waals surface area (Å²) >= 11 is 6.11. The van der Waals surface area contributed by atoms with Gasteiger partial charge in [-0.25, -0.2) is 4.98 Å². The third kappa shape index (κ3) is 1.93. The highest BCUT2D eigenvalue weighted by molar-refractivity contribution is 6.20. The Morgan fingerprint density at radius 3 is 3.29 bits per heavy atom. The molecule has 1 saturated heterocycles. The molecule has 0 amide bonds. The molecule has 1 aliphatic heterocycles. The molecule has 78 valence electrons. The lowest BCUT2D eigenvalue weighted by molar-refractivity contribution is 0.0121. The van der Waals surface area contributed by atoms with Crippen molar-refractivity contribution >= 4 is 11.6 Å². The van der Waals surface area contributed by atoms with E-state index in [-0.39, 0.29) is 11.5 Å². The van der Waals surface area contributed by atoms with Crippen LogP contribution in [0.3, 0.4) is 0 Å². The molecule has 3 nitrogen and oxygen atoms in total.